The molecule has 2 aromatic carbocycles. The van der Waals surface area contributed by atoms with E-state index in [-0.39, 0.29) is 16.5 Å². The zero-order valence-electron chi connectivity index (χ0n) is 17.9. The summed E-state index contributed by atoms with van der Waals surface area (Å²) in [4.78, 5) is 29.6. The molecule has 1 amide bonds. The van der Waals surface area contributed by atoms with Crippen molar-refractivity contribution in [3.8, 4) is 5.75 Å². The maximum absolute atomic E-state index is 13.0. The highest BCUT2D eigenvalue weighted by molar-refractivity contribution is 6.33. The normalized spacial score (nSPS) is 13.8. The number of halogens is 1. The topological polar surface area (TPSA) is 67.7 Å². The molecule has 0 unspecified atom stereocenters. The molecule has 1 aliphatic rings. The number of hydrogen-bond acceptors (Lipinski definition) is 5. The molecular weight excluding hydrogens is 428 g/mol. The lowest BCUT2D eigenvalue weighted by molar-refractivity contribution is 0.0742. The number of carbonyl (C=O) groups is 1. The Morgan fingerprint density at radius 3 is 2.44 bits per heavy atom. The quantitative estimate of drug-likeness (QED) is 0.574. The standard InChI is InChI=1S/C24H25ClN4O3/c1-2-32-21-11-7-6-10-19(21)23(30)28-14-12-27(13-15-28)20-16-26-29(24(31)22(20)25)17-18-8-4-3-5-9-18/h3-11,16H,2,12-15,17H2,1H3. The van der Waals surface area contributed by atoms with E-state index in [2.05, 4.69) is 5.10 Å². The zero-order valence-corrected chi connectivity index (χ0v) is 18.7. The molecule has 1 aliphatic heterocycles. The minimum absolute atomic E-state index is 0.0591. The van der Waals surface area contributed by atoms with Gasteiger partial charge in [0, 0.05) is 26.2 Å². The molecule has 0 atom stereocenters. The highest BCUT2D eigenvalue weighted by Gasteiger charge is 2.26. The number of amides is 1. The Hall–Kier alpha value is -3.32. The first-order valence-corrected chi connectivity index (χ1v) is 11.0. The molecule has 3 aromatic rings. The molecule has 7 nitrogen and oxygen atoms in total. The van der Waals surface area contributed by atoms with Crippen molar-refractivity contribution in [1.82, 2.24) is 14.7 Å². The second-order valence-electron chi connectivity index (χ2n) is 7.50. The first kappa shape index (κ1) is 21.9. The van der Waals surface area contributed by atoms with Crippen molar-refractivity contribution in [3.05, 3.63) is 87.3 Å². The van der Waals surface area contributed by atoms with Crippen molar-refractivity contribution in [1.29, 1.82) is 0 Å². The lowest BCUT2D eigenvalue weighted by Crippen LogP contribution is -2.49. The van der Waals surface area contributed by atoms with Gasteiger partial charge in [-0.1, -0.05) is 54.1 Å². The number of aromatic nitrogens is 2. The van der Waals surface area contributed by atoms with Gasteiger partial charge in [-0.2, -0.15) is 5.10 Å². The van der Waals surface area contributed by atoms with Crippen LogP contribution in [-0.4, -0.2) is 53.4 Å². The van der Waals surface area contributed by atoms with Gasteiger partial charge >= 0.3 is 0 Å². The van der Waals surface area contributed by atoms with Crippen molar-refractivity contribution in [3.63, 3.8) is 0 Å². The second kappa shape index (κ2) is 9.87. The van der Waals surface area contributed by atoms with Gasteiger partial charge in [0.1, 0.15) is 10.8 Å². The van der Waals surface area contributed by atoms with Gasteiger partial charge in [-0.05, 0) is 24.6 Å². The molecule has 0 N–H and O–H groups in total. The lowest BCUT2D eigenvalue weighted by Gasteiger charge is -2.36. The predicted molar refractivity (Wildman–Crippen MR) is 125 cm³/mol. The van der Waals surface area contributed by atoms with E-state index in [1.165, 1.54) is 4.68 Å². The average Bonchev–Trinajstić information content (AvgIpc) is 2.83. The Labute approximate surface area is 191 Å². The van der Waals surface area contributed by atoms with Gasteiger partial charge in [0.15, 0.2) is 0 Å². The number of hydrogen-bond donors (Lipinski definition) is 0. The number of para-hydroxylation sites is 1. The fourth-order valence-electron chi connectivity index (χ4n) is 3.79. The van der Waals surface area contributed by atoms with E-state index in [0.717, 1.165) is 5.56 Å². The van der Waals surface area contributed by atoms with Gasteiger partial charge < -0.3 is 14.5 Å². The third kappa shape index (κ3) is 4.62. The fourth-order valence-corrected chi connectivity index (χ4v) is 4.06. The molecular formula is C24H25ClN4O3. The number of ether oxygens (including phenoxy) is 1. The van der Waals surface area contributed by atoms with Crippen LogP contribution < -0.4 is 15.2 Å². The van der Waals surface area contributed by atoms with Crippen molar-refractivity contribution < 1.29 is 9.53 Å². The summed E-state index contributed by atoms with van der Waals surface area (Å²) < 4.78 is 6.97. The monoisotopic (exact) mass is 452 g/mol. The van der Waals surface area contributed by atoms with Gasteiger partial charge in [0.2, 0.25) is 0 Å². The summed E-state index contributed by atoms with van der Waals surface area (Å²) in [7, 11) is 0. The summed E-state index contributed by atoms with van der Waals surface area (Å²) in [5.74, 6) is 0.535. The summed E-state index contributed by atoms with van der Waals surface area (Å²) in [5.41, 5.74) is 1.82. The van der Waals surface area contributed by atoms with Crippen LogP contribution >= 0.6 is 11.6 Å². The molecule has 8 heteroatoms. The molecule has 0 aliphatic carbocycles. The first-order chi connectivity index (χ1) is 15.6. The number of rotatable bonds is 6. The molecule has 4 rings (SSSR count). The fraction of sp³-hybridized carbons (Fsp3) is 0.292. The van der Waals surface area contributed by atoms with Crippen molar-refractivity contribution in [2.24, 2.45) is 0 Å². The Kier molecular flexibility index (Phi) is 6.75. The third-order valence-corrected chi connectivity index (χ3v) is 5.82. The number of nitrogens with zero attached hydrogens (tertiary/aromatic N) is 4. The minimum atomic E-state index is -0.322. The molecule has 2 heterocycles. The average molecular weight is 453 g/mol. The van der Waals surface area contributed by atoms with Crippen LogP contribution in [0.5, 0.6) is 5.75 Å². The summed E-state index contributed by atoms with van der Waals surface area (Å²) in [6.07, 6.45) is 1.63. The zero-order chi connectivity index (χ0) is 22.5. The lowest BCUT2D eigenvalue weighted by atomic mass is 10.1. The summed E-state index contributed by atoms with van der Waals surface area (Å²) in [5, 5.41) is 4.47. The molecule has 0 saturated carbocycles. The summed E-state index contributed by atoms with van der Waals surface area (Å²) >= 11 is 6.44. The van der Waals surface area contributed by atoms with Crippen molar-refractivity contribution in [2.75, 3.05) is 37.7 Å². The molecule has 0 radical (unpaired) electrons. The van der Waals surface area contributed by atoms with Crippen LogP contribution in [0.2, 0.25) is 5.02 Å². The smallest absolute Gasteiger partial charge is 0.287 e. The van der Waals surface area contributed by atoms with Crippen LogP contribution in [0.4, 0.5) is 5.69 Å². The second-order valence-corrected chi connectivity index (χ2v) is 7.88. The number of carbonyl (C=O) groups excluding carboxylic acids is 1. The van der Waals surface area contributed by atoms with E-state index in [1.807, 2.05) is 60.4 Å². The molecule has 1 fully saturated rings. The van der Waals surface area contributed by atoms with Crippen LogP contribution in [0.3, 0.4) is 0 Å². The van der Waals surface area contributed by atoms with Gasteiger partial charge in [-0.25, -0.2) is 4.68 Å². The molecule has 166 valence electrons. The minimum Gasteiger partial charge on any atom is -0.493 e. The highest BCUT2D eigenvalue weighted by atomic mass is 35.5. The SMILES string of the molecule is CCOc1ccccc1C(=O)N1CCN(c2cnn(Cc3ccccc3)c(=O)c2Cl)CC1. The van der Waals surface area contributed by atoms with E-state index in [9.17, 15) is 9.59 Å². The summed E-state index contributed by atoms with van der Waals surface area (Å²) in [6.45, 7) is 4.91. The molecule has 0 bridgehead atoms. The van der Waals surface area contributed by atoms with Gasteiger partial charge in [-0.3, -0.25) is 9.59 Å². The van der Waals surface area contributed by atoms with Crippen molar-refractivity contribution in [2.45, 2.75) is 13.5 Å². The maximum Gasteiger partial charge on any atom is 0.287 e. The van der Waals surface area contributed by atoms with E-state index < -0.39 is 0 Å². The van der Waals surface area contributed by atoms with Gasteiger partial charge in [0.25, 0.3) is 11.5 Å². The van der Waals surface area contributed by atoms with Crippen LogP contribution in [0.1, 0.15) is 22.8 Å². The Morgan fingerprint density at radius 1 is 1.03 bits per heavy atom. The van der Waals surface area contributed by atoms with Crippen LogP contribution in [0.25, 0.3) is 0 Å². The predicted octanol–water partition coefficient (Wildman–Crippen LogP) is 3.31. The van der Waals surface area contributed by atoms with Gasteiger partial charge in [0.05, 0.1) is 30.6 Å². The molecule has 1 aromatic heterocycles. The van der Waals surface area contributed by atoms with Crippen LogP contribution in [0.15, 0.2) is 65.6 Å². The molecule has 32 heavy (non-hydrogen) atoms. The Balaban J connectivity index is 1.45. The third-order valence-electron chi connectivity index (χ3n) is 5.47. The molecule has 1 saturated heterocycles. The Morgan fingerprint density at radius 2 is 1.72 bits per heavy atom. The van der Waals surface area contributed by atoms with E-state index in [4.69, 9.17) is 16.3 Å². The molecule has 0 spiro atoms. The van der Waals surface area contributed by atoms with Crippen molar-refractivity contribution >= 4 is 23.2 Å². The number of piperazine rings is 1. The number of benzene rings is 2. The van der Waals surface area contributed by atoms with E-state index >= 15 is 0 Å². The summed E-state index contributed by atoms with van der Waals surface area (Å²) in [6, 6.07) is 16.9. The van der Waals surface area contributed by atoms with E-state index in [1.54, 1.807) is 17.2 Å². The highest BCUT2D eigenvalue weighted by Crippen LogP contribution is 2.24. The van der Waals surface area contributed by atoms with Crippen LogP contribution in [0, 0.1) is 0 Å². The largest absolute Gasteiger partial charge is 0.493 e. The maximum atomic E-state index is 13.0. The van der Waals surface area contributed by atoms with Crippen LogP contribution in [-0.2, 0) is 6.54 Å². The first-order valence-electron chi connectivity index (χ1n) is 10.6. The van der Waals surface area contributed by atoms with E-state index in [0.29, 0.717) is 56.3 Å². The van der Waals surface area contributed by atoms with Gasteiger partial charge in [-0.15, -0.1) is 0 Å². The Bertz CT molecular complexity index is 1140. The number of anilines is 1.